The van der Waals surface area contributed by atoms with Crippen LogP contribution < -0.4 is 4.83 Å². The Hall–Kier alpha value is -1.66. The first-order chi connectivity index (χ1) is 9.47. The van der Waals surface area contributed by atoms with Crippen molar-refractivity contribution in [2.45, 2.75) is 11.8 Å². The highest BCUT2D eigenvalue weighted by molar-refractivity contribution is 9.10. The van der Waals surface area contributed by atoms with Gasteiger partial charge in [-0.05, 0) is 36.8 Å². The van der Waals surface area contributed by atoms with Crippen LogP contribution in [0, 0.1) is 6.92 Å². The molecule has 0 heterocycles. The van der Waals surface area contributed by atoms with Crippen LogP contribution in [0.1, 0.15) is 11.1 Å². The average Bonchev–Trinajstić information content (AvgIpc) is 2.39. The van der Waals surface area contributed by atoms with Gasteiger partial charge in [-0.2, -0.15) is 13.5 Å². The first-order valence-electron chi connectivity index (χ1n) is 5.84. The zero-order valence-corrected chi connectivity index (χ0v) is 13.1. The molecule has 20 heavy (non-hydrogen) atoms. The van der Waals surface area contributed by atoms with Gasteiger partial charge in [0, 0.05) is 4.47 Å². The van der Waals surface area contributed by atoms with Crippen molar-refractivity contribution in [2.24, 2.45) is 5.10 Å². The Morgan fingerprint density at radius 3 is 2.50 bits per heavy atom. The minimum atomic E-state index is -3.62. The SMILES string of the molecule is Cc1ccc(S(=O)(=O)NN=Cc2cccc(Br)c2)cc1. The first kappa shape index (κ1) is 14.7. The van der Waals surface area contributed by atoms with Crippen LogP contribution in [-0.4, -0.2) is 14.6 Å². The summed E-state index contributed by atoms with van der Waals surface area (Å²) in [5.74, 6) is 0. The topological polar surface area (TPSA) is 58.5 Å². The smallest absolute Gasteiger partial charge is 0.200 e. The van der Waals surface area contributed by atoms with Crippen molar-refractivity contribution in [3.63, 3.8) is 0 Å². The number of halogens is 1. The van der Waals surface area contributed by atoms with Gasteiger partial charge in [-0.25, -0.2) is 4.83 Å². The zero-order chi connectivity index (χ0) is 14.6. The van der Waals surface area contributed by atoms with E-state index in [1.54, 1.807) is 24.3 Å². The predicted molar refractivity (Wildman–Crippen MR) is 83.2 cm³/mol. The molecule has 0 spiro atoms. The lowest BCUT2D eigenvalue weighted by Gasteiger charge is -2.03. The van der Waals surface area contributed by atoms with E-state index >= 15 is 0 Å². The lowest BCUT2D eigenvalue weighted by Crippen LogP contribution is -2.18. The van der Waals surface area contributed by atoms with Gasteiger partial charge < -0.3 is 0 Å². The Labute approximate surface area is 126 Å². The van der Waals surface area contributed by atoms with E-state index in [0.29, 0.717) is 0 Å². The summed E-state index contributed by atoms with van der Waals surface area (Å²) in [6.07, 6.45) is 1.45. The van der Waals surface area contributed by atoms with E-state index in [-0.39, 0.29) is 4.90 Å². The molecule has 2 aromatic rings. The van der Waals surface area contributed by atoms with Gasteiger partial charge in [0.05, 0.1) is 11.1 Å². The van der Waals surface area contributed by atoms with E-state index in [9.17, 15) is 8.42 Å². The number of hydrogen-bond acceptors (Lipinski definition) is 3. The summed E-state index contributed by atoms with van der Waals surface area (Å²) in [5, 5.41) is 3.77. The molecule has 0 saturated carbocycles. The Morgan fingerprint density at radius 2 is 1.85 bits per heavy atom. The predicted octanol–water partition coefficient (Wildman–Crippen LogP) is 3.07. The second-order valence-electron chi connectivity index (χ2n) is 4.22. The van der Waals surface area contributed by atoms with E-state index in [1.807, 2.05) is 31.2 Å². The quantitative estimate of drug-likeness (QED) is 0.678. The minimum absolute atomic E-state index is 0.189. The van der Waals surface area contributed by atoms with Gasteiger partial charge in [0.15, 0.2) is 0 Å². The number of benzene rings is 2. The lowest BCUT2D eigenvalue weighted by atomic mass is 10.2. The number of nitrogens with one attached hydrogen (secondary N) is 1. The average molecular weight is 353 g/mol. The van der Waals surface area contributed by atoms with Crippen LogP contribution in [0.4, 0.5) is 0 Å². The van der Waals surface area contributed by atoms with E-state index in [1.165, 1.54) is 6.21 Å². The van der Waals surface area contributed by atoms with E-state index in [4.69, 9.17) is 0 Å². The molecule has 2 aromatic carbocycles. The van der Waals surface area contributed by atoms with Crippen molar-refractivity contribution in [1.29, 1.82) is 0 Å². The molecule has 0 aliphatic heterocycles. The lowest BCUT2D eigenvalue weighted by molar-refractivity contribution is 0.584. The van der Waals surface area contributed by atoms with E-state index in [0.717, 1.165) is 15.6 Å². The van der Waals surface area contributed by atoms with Gasteiger partial charge in [0.25, 0.3) is 10.0 Å². The second kappa shape index (κ2) is 6.19. The molecule has 0 unspecified atom stereocenters. The molecule has 0 aromatic heterocycles. The Morgan fingerprint density at radius 1 is 1.15 bits per heavy atom. The third-order valence-corrected chi connectivity index (χ3v) is 4.30. The van der Waals surface area contributed by atoms with Crippen LogP contribution >= 0.6 is 15.9 Å². The summed E-state index contributed by atoms with van der Waals surface area (Å²) in [6, 6.07) is 14.0. The zero-order valence-electron chi connectivity index (χ0n) is 10.7. The molecular weight excluding hydrogens is 340 g/mol. The summed E-state index contributed by atoms with van der Waals surface area (Å²) in [7, 11) is -3.62. The maximum Gasteiger partial charge on any atom is 0.276 e. The van der Waals surface area contributed by atoms with Crippen LogP contribution in [-0.2, 0) is 10.0 Å². The van der Waals surface area contributed by atoms with Gasteiger partial charge in [-0.3, -0.25) is 0 Å². The number of hydrazone groups is 1. The highest BCUT2D eigenvalue weighted by Gasteiger charge is 2.11. The number of rotatable bonds is 4. The molecule has 0 amide bonds. The third kappa shape index (κ3) is 3.91. The number of sulfonamides is 1. The fraction of sp³-hybridized carbons (Fsp3) is 0.0714. The molecule has 104 valence electrons. The largest absolute Gasteiger partial charge is 0.276 e. The molecule has 0 aliphatic carbocycles. The van der Waals surface area contributed by atoms with Gasteiger partial charge >= 0.3 is 0 Å². The summed E-state index contributed by atoms with van der Waals surface area (Å²) in [4.78, 5) is 2.38. The van der Waals surface area contributed by atoms with Crippen molar-refractivity contribution < 1.29 is 8.42 Å². The summed E-state index contributed by atoms with van der Waals surface area (Å²) < 4.78 is 24.8. The van der Waals surface area contributed by atoms with Gasteiger partial charge in [-0.15, -0.1) is 0 Å². The maximum atomic E-state index is 12.0. The van der Waals surface area contributed by atoms with Crippen molar-refractivity contribution in [3.05, 3.63) is 64.1 Å². The molecule has 6 heteroatoms. The standard InChI is InChI=1S/C14H13BrN2O2S/c1-11-5-7-14(8-6-11)20(18,19)17-16-10-12-3-2-4-13(15)9-12/h2-10,17H,1H3. The summed E-state index contributed by atoms with van der Waals surface area (Å²) in [6.45, 7) is 1.90. The molecular formula is C14H13BrN2O2S. The molecule has 0 atom stereocenters. The van der Waals surface area contributed by atoms with Crippen molar-refractivity contribution in [3.8, 4) is 0 Å². The highest BCUT2D eigenvalue weighted by Crippen LogP contribution is 2.11. The Balaban J connectivity index is 2.11. The fourth-order valence-corrected chi connectivity index (χ4v) is 2.74. The normalized spacial score (nSPS) is 11.7. The van der Waals surface area contributed by atoms with Crippen LogP contribution in [0.3, 0.4) is 0 Å². The first-order valence-corrected chi connectivity index (χ1v) is 8.12. The van der Waals surface area contributed by atoms with E-state index in [2.05, 4.69) is 25.9 Å². The van der Waals surface area contributed by atoms with Gasteiger partial charge in [-0.1, -0.05) is 45.8 Å². The molecule has 0 radical (unpaired) electrons. The monoisotopic (exact) mass is 352 g/mol. The fourth-order valence-electron chi connectivity index (χ4n) is 1.53. The van der Waals surface area contributed by atoms with Crippen molar-refractivity contribution in [2.75, 3.05) is 0 Å². The minimum Gasteiger partial charge on any atom is -0.200 e. The summed E-state index contributed by atoms with van der Waals surface area (Å²) in [5.41, 5.74) is 1.80. The Kier molecular flexibility index (Phi) is 4.57. The molecule has 2 rings (SSSR count). The van der Waals surface area contributed by atoms with Crippen LogP contribution in [0.25, 0.3) is 0 Å². The number of hydrogen-bond donors (Lipinski definition) is 1. The van der Waals surface area contributed by atoms with Crippen LogP contribution in [0.15, 0.2) is 63.0 Å². The van der Waals surface area contributed by atoms with Crippen molar-refractivity contribution in [1.82, 2.24) is 4.83 Å². The second-order valence-corrected chi connectivity index (χ2v) is 6.80. The number of aryl methyl sites for hydroxylation is 1. The van der Waals surface area contributed by atoms with Gasteiger partial charge in [0.2, 0.25) is 0 Å². The molecule has 0 aliphatic rings. The van der Waals surface area contributed by atoms with Crippen molar-refractivity contribution >= 4 is 32.2 Å². The maximum absolute atomic E-state index is 12.0. The van der Waals surface area contributed by atoms with Crippen LogP contribution in [0.5, 0.6) is 0 Å². The number of nitrogens with zero attached hydrogens (tertiary/aromatic N) is 1. The summed E-state index contributed by atoms with van der Waals surface area (Å²) >= 11 is 3.34. The molecule has 0 bridgehead atoms. The molecule has 0 saturated heterocycles. The van der Waals surface area contributed by atoms with Crippen LogP contribution in [0.2, 0.25) is 0 Å². The third-order valence-electron chi connectivity index (χ3n) is 2.57. The highest BCUT2D eigenvalue weighted by atomic mass is 79.9. The molecule has 4 nitrogen and oxygen atoms in total. The Bertz CT molecular complexity index is 725. The van der Waals surface area contributed by atoms with E-state index < -0.39 is 10.0 Å². The molecule has 0 fully saturated rings. The molecule has 1 N–H and O–H groups in total. The van der Waals surface area contributed by atoms with Gasteiger partial charge in [0.1, 0.15) is 0 Å².